The van der Waals surface area contributed by atoms with Gasteiger partial charge in [-0.25, -0.2) is 17.9 Å². The zero-order valence-electron chi connectivity index (χ0n) is 13.3. The van der Waals surface area contributed by atoms with Gasteiger partial charge in [0.1, 0.15) is 11.5 Å². The average Bonchev–Trinajstić information content (AvgIpc) is 2.55. The van der Waals surface area contributed by atoms with Crippen LogP contribution in [-0.2, 0) is 10.0 Å². The molecule has 0 aliphatic carbocycles. The minimum absolute atomic E-state index is 0.0679. The monoisotopic (exact) mass is 369 g/mol. The number of primary sulfonamides is 1. The third kappa shape index (κ3) is 4.64. The average molecular weight is 369 g/mol. The van der Waals surface area contributed by atoms with Crippen LogP contribution in [0.2, 0.25) is 0 Å². The predicted octanol–water partition coefficient (Wildman–Crippen LogP) is 1.90. The van der Waals surface area contributed by atoms with E-state index in [0.717, 1.165) is 6.07 Å². The van der Waals surface area contributed by atoms with Crippen LogP contribution in [0.1, 0.15) is 0 Å². The topological polar surface area (TPSA) is 116 Å². The highest BCUT2D eigenvalue weighted by Gasteiger charge is 2.21. The van der Waals surface area contributed by atoms with Gasteiger partial charge >= 0.3 is 0 Å². The highest BCUT2D eigenvalue weighted by molar-refractivity contribution is 7.89. The number of rotatable bonds is 7. The van der Waals surface area contributed by atoms with Gasteiger partial charge in [0.25, 0.3) is 5.69 Å². The second-order valence-electron chi connectivity index (χ2n) is 5.15. The smallest absolute Gasteiger partial charge is 0.270 e. The van der Waals surface area contributed by atoms with Gasteiger partial charge in [0.2, 0.25) is 10.0 Å². The maximum absolute atomic E-state index is 13.5. The van der Waals surface area contributed by atoms with Crippen LogP contribution >= 0.6 is 0 Å². The predicted molar refractivity (Wildman–Crippen MR) is 89.6 cm³/mol. The fourth-order valence-corrected chi connectivity index (χ4v) is 2.93. The van der Waals surface area contributed by atoms with Gasteiger partial charge in [-0.2, -0.15) is 0 Å². The summed E-state index contributed by atoms with van der Waals surface area (Å²) in [6.45, 7) is 0.271. The molecule has 2 aromatic carbocycles. The lowest BCUT2D eigenvalue weighted by Crippen LogP contribution is -2.26. The number of nitro benzene ring substituents is 1. The molecule has 8 nitrogen and oxygen atoms in total. The molecule has 0 radical (unpaired) electrons. The summed E-state index contributed by atoms with van der Waals surface area (Å²) in [5, 5.41) is 16.0. The standard InChI is InChI=1S/C15H16FN3O5S/c1-18(8-9-24-14-5-3-2-4-12(14)16)13-7-6-11(19(20)21)10-15(13)25(17,22)23/h2-7,10H,8-9H2,1H3,(H2,17,22,23). The Labute approximate surface area is 143 Å². The van der Waals surface area contributed by atoms with Crippen LogP contribution in [0.15, 0.2) is 47.4 Å². The van der Waals surface area contributed by atoms with Crippen molar-refractivity contribution in [1.82, 2.24) is 0 Å². The van der Waals surface area contributed by atoms with Crippen molar-refractivity contribution in [2.75, 3.05) is 25.1 Å². The first-order valence-electron chi connectivity index (χ1n) is 7.10. The molecular formula is C15H16FN3O5S. The Bertz CT molecular complexity index is 888. The molecule has 10 heteroatoms. The molecule has 0 aliphatic heterocycles. The number of non-ortho nitro benzene ring substituents is 1. The molecule has 0 aromatic heterocycles. The first kappa shape index (κ1) is 18.6. The molecule has 2 aromatic rings. The molecule has 0 fully saturated rings. The Morgan fingerprint density at radius 1 is 1.28 bits per heavy atom. The number of benzene rings is 2. The Hall–Kier alpha value is -2.72. The number of sulfonamides is 1. The molecule has 0 amide bonds. The molecule has 2 rings (SSSR count). The Morgan fingerprint density at radius 2 is 1.96 bits per heavy atom. The van der Waals surface area contributed by atoms with Crippen molar-refractivity contribution in [2.45, 2.75) is 4.90 Å². The molecule has 25 heavy (non-hydrogen) atoms. The highest BCUT2D eigenvalue weighted by atomic mass is 32.2. The summed E-state index contributed by atoms with van der Waals surface area (Å²) in [7, 11) is -2.60. The van der Waals surface area contributed by atoms with E-state index in [0.29, 0.717) is 0 Å². The van der Waals surface area contributed by atoms with E-state index >= 15 is 0 Å². The first-order valence-corrected chi connectivity index (χ1v) is 8.64. The van der Waals surface area contributed by atoms with Gasteiger partial charge in [0, 0.05) is 19.2 Å². The van der Waals surface area contributed by atoms with Gasteiger partial charge in [-0.1, -0.05) is 12.1 Å². The van der Waals surface area contributed by atoms with Gasteiger partial charge < -0.3 is 9.64 Å². The quantitative estimate of drug-likeness (QED) is 0.589. The second-order valence-corrected chi connectivity index (χ2v) is 6.68. The van der Waals surface area contributed by atoms with Crippen LogP contribution < -0.4 is 14.8 Å². The number of halogens is 1. The fourth-order valence-electron chi connectivity index (χ4n) is 2.13. The van der Waals surface area contributed by atoms with Crippen LogP contribution in [-0.4, -0.2) is 33.5 Å². The van der Waals surface area contributed by atoms with E-state index < -0.39 is 20.8 Å². The molecule has 0 heterocycles. The molecule has 0 saturated carbocycles. The van der Waals surface area contributed by atoms with Crippen molar-refractivity contribution in [1.29, 1.82) is 0 Å². The van der Waals surface area contributed by atoms with Gasteiger partial charge in [-0.05, 0) is 18.2 Å². The van der Waals surface area contributed by atoms with E-state index in [1.165, 1.54) is 35.2 Å². The zero-order valence-corrected chi connectivity index (χ0v) is 14.1. The van der Waals surface area contributed by atoms with Crippen molar-refractivity contribution in [3.05, 3.63) is 58.4 Å². The Balaban J connectivity index is 2.17. The Kier molecular flexibility index (Phi) is 5.55. The van der Waals surface area contributed by atoms with Crippen LogP contribution in [0.3, 0.4) is 0 Å². The summed E-state index contributed by atoms with van der Waals surface area (Å²) in [6, 6.07) is 9.25. The first-order chi connectivity index (χ1) is 11.7. The number of nitrogens with two attached hydrogens (primary N) is 1. The highest BCUT2D eigenvalue weighted by Crippen LogP contribution is 2.28. The van der Waals surface area contributed by atoms with Crippen molar-refractivity contribution in [3.8, 4) is 5.75 Å². The second kappa shape index (κ2) is 7.45. The SMILES string of the molecule is CN(CCOc1ccccc1F)c1ccc([N+](=O)[O-])cc1S(N)(=O)=O. The van der Waals surface area contributed by atoms with Gasteiger partial charge in [0.05, 0.1) is 17.2 Å². The van der Waals surface area contributed by atoms with Crippen molar-refractivity contribution < 1.29 is 22.5 Å². The van der Waals surface area contributed by atoms with E-state index in [2.05, 4.69) is 0 Å². The number of nitrogens with zero attached hydrogens (tertiary/aromatic N) is 2. The van der Waals surface area contributed by atoms with Gasteiger partial charge in [0.15, 0.2) is 11.6 Å². The third-order valence-electron chi connectivity index (χ3n) is 3.39. The molecule has 134 valence electrons. The summed E-state index contributed by atoms with van der Waals surface area (Å²) in [5.74, 6) is -0.433. The lowest BCUT2D eigenvalue weighted by atomic mass is 10.2. The maximum Gasteiger partial charge on any atom is 0.270 e. The Morgan fingerprint density at radius 3 is 2.56 bits per heavy atom. The van der Waals surface area contributed by atoms with E-state index in [1.54, 1.807) is 13.1 Å². The molecular weight excluding hydrogens is 353 g/mol. The molecule has 0 atom stereocenters. The molecule has 0 spiro atoms. The number of hydrogen-bond donors (Lipinski definition) is 1. The molecule has 0 aliphatic rings. The maximum atomic E-state index is 13.5. The van der Waals surface area contributed by atoms with E-state index in [4.69, 9.17) is 9.88 Å². The van der Waals surface area contributed by atoms with Crippen LogP contribution in [0, 0.1) is 15.9 Å². The lowest BCUT2D eigenvalue weighted by molar-refractivity contribution is -0.385. The third-order valence-corrected chi connectivity index (χ3v) is 4.33. The van der Waals surface area contributed by atoms with Crippen LogP contribution in [0.4, 0.5) is 15.8 Å². The number of likely N-dealkylation sites (N-methyl/N-ethyl adjacent to an activating group) is 1. The zero-order chi connectivity index (χ0) is 18.6. The number of anilines is 1. The molecule has 0 saturated heterocycles. The largest absolute Gasteiger partial charge is 0.489 e. The van der Waals surface area contributed by atoms with Crippen molar-refractivity contribution in [2.24, 2.45) is 5.14 Å². The summed E-state index contributed by atoms with van der Waals surface area (Å²) >= 11 is 0. The van der Waals surface area contributed by atoms with Crippen molar-refractivity contribution >= 4 is 21.4 Å². The van der Waals surface area contributed by atoms with E-state index in [1.807, 2.05) is 0 Å². The number of para-hydroxylation sites is 1. The van der Waals surface area contributed by atoms with Crippen LogP contribution in [0.5, 0.6) is 5.75 Å². The molecule has 0 unspecified atom stereocenters. The summed E-state index contributed by atoms with van der Waals surface area (Å²) in [5.41, 5.74) is -0.200. The number of nitro groups is 1. The minimum Gasteiger partial charge on any atom is -0.489 e. The number of hydrogen-bond acceptors (Lipinski definition) is 6. The summed E-state index contributed by atoms with van der Waals surface area (Å²) in [6.07, 6.45) is 0. The molecule has 0 bridgehead atoms. The fraction of sp³-hybridized carbons (Fsp3) is 0.200. The lowest BCUT2D eigenvalue weighted by Gasteiger charge is -2.21. The van der Waals surface area contributed by atoms with Crippen LogP contribution in [0.25, 0.3) is 0 Å². The van der Waals surface area contributed by atoms with E-state index in [-0.39, 0.29) is 35.2 Å². The van der Waals surface area contributed by atoms with E-state index in [9.17, 15) is 22.9 Å². The summed E-state index contributed by atoms with van der Waals surface area (Å²) in [4.78, 5) is 11.3. The van der Waals surface area contributed by atoms with Gasteiger partial charge in [-0.15, -0.1) is 0 Å². The number of ether oxygens (including phenoxy) is 1. The molecule has 2 N–H and O–H groups in total. The van der Waals surface area contributed by atoms with Gasteiger partial charge in [-0.3, -0.25) is 10.1 Å². The summed E-state index contributed by atoms with van der Waals surface area (Å²) < 4.78 is 42.2. The van der Waals surface area contributed by atoms with Crippen molar-refractivity contribution in [3.63, 3.8) is 0 Å². The normalized spacial score (nSPS) is 11.2. The minimum atomic E-state index is -4.17.